The van der Waals surface area contributed by atoms with E-state index in [0.717, 1.165) is 37.0 Å². The number of hydrogen-bond acceptors (Lipinski definition) is 5. The predicted molar refractivity (Wildman–Crippen MR) is 95.3 cm³/mol. The maximum Gasteiger partial charge on any atom is 0.292 e. The highest BCUT2D eigenvalue weighted by atomic mass is 79.9. The number of aromatic nitrogens is 2. The van der Waals surface area contributed by atoms with Crippen molar-refractivity contribution in [2.45, 2.75) is 12.8 Å². The zero-order valence-electron chi connectivity index (χ0n) is 12.8. The van der Waals surface area contributed by atoms with Crippen molar-refractivity contribution in [3.8, 4) is 0 Å². The van der Waals surface area contributed by atoms with Crippen LogP contribution < -0.4 is 10.2 Å². The molecule has 7 heteroatoms. The summed E-state index contributed by atoms with van der Waals surface area (Å²) in [5.74, 6) is 1.06. The molecule has 0 atom stereocenters. The van der Waals surface area contributed by atoms with E-state index in [0.29, 0.717) is 16.3 Å². The SMILES string of the molecule is O=C(Nc1nc2ccccc2nc1N1CCCC1)c1ccc(Br)o1. The second-order valence-corrected chi connectivity index (χ2v) is 6.42. The van der Waals surface area contributed by atoms with Crippen LogP contribution in [0.25, 0.3) is 11.0 Å². The summed E-state index contributed by atoms with van der Waals surface area (Å²) in [6.45, 7) is 1.84. The summed E-state index contributed by atoms with van der Waals surface area (Å²) >= 11 is 3.20. The lowest BCUT2D eigenvalue weighted by atomic mass is 10.3. The molecule has 3 heterocycles. The number of para-hydroxylation sites is 2. The predicted octanol–water partition coefficient (Wildman–Crippen LogP) is 3.84. The van der Waals surface area contributed by atoms with Gasteiger partial charge in [-0.15, -0.1) is 0 Å². The van der Waals surface area contributed by atoms with Crippen molar-refractivity contribution in [2.24, 2.45) is 0 Å². The summed E-state index contributed by atoms with van der Waals surface area (Å²) in [6, 6.07) is 10.9. The second kappa shape index (κ2) is 6.24. The molecular weight excluding hydrogens is 372 g/mol. The second-order valence-electron chi connectivity index (χ2n) is 5.64. The van der Waals surface area contributed by atoms with Gasteiger partial charge in [0.05, 0.1) is 11.0 Å². The average molecular weight is 387 g/mol. The molecule has 1 aromatic carbocycles. The third kappa shape index (κ3) is 2.87. The number of halogens is 1. The van der Waals surface area contributed by atoms with Crippen LogP contribution in [0.2, 0.25) is 0 Å². The minimum Gasteiger partial charge on any atom is -0.444 e. The number of furan rings is 1. The third-order valence-corrected chi connectivity index (χ3v) is 4.41. The Morgan fingerprint density at radius 3 is 2.46 bits per heavy atom. The lowest BCUT2D eigenvalue weighted by molar-refractivity contribution is 0.0995. The quantitative estimate of drug-likeness (QED) is 0.740. The Hall–Kier alpha value is -2.41. The van der Waals surface area contributed by atoms with Crippen molar-refractivity contribution in [2.75, 3.05) is 23.3 Å². The number of rotatable bonds is 3. The number of anilines is 2. The van der Waals surface area contributed by atoms with Gasteiger partial charge in [0.2, 0.25) is 0 Å². The molecule has 1 fully saturated rings. The summed E-state index contributed by atoms with van der Waals surface area (Å²) in [4.78, 5) is 23.9. The molecule has 24 heavy (non-hydrogen) atoms. The van der Waals surface area contributed by atoms with Crippen LogP contribution in [-0.4, -0.2) is 29.0 Å². The Kier molecular flexibility index (Phi) is 3.93. The largest absolute Gasteiger partial charge is 0.444 e. The van der Waals surface area contributed by atoms with Gasteiger partial charge in [0.1, 0.15) is 0 Å². The normalized spacial score (nSPS) is 14.3. The van der Waals surface area contributed by atoms with Crippen molar-refractivity contribution in [1.29, 1.82) is 0 Å². The van der Waals surface area contributed by atoms with Crippen LogP contribution in [-0.2, 0) is 0 Å². The van der Waals surface area contributed by atoms with E-state index in [9.17, 15) is 4.79 Å². The van der Waals surface area contributed by atoms with E-state index in [4.69, 9.17) is 9.40 Å². The standard InChI is InChI=1S/C17H15BrN4O2/c18-14-8-7-13(24-14)17(23)21-15-16(22-9-3-4-10-22)20-12-6-2-1-5-11(12)19-15/h1-2,5-8H,3-4,9-10H2,(H,19,21,23). The van der Waals surface area contributed by atoms with Gasteiger partial charge in [0.25, 0.3) is 5.91 Å². The summed E-state index contributed by atoms with van der Waals surface area (Å²) in [5, 5.41) is 2.84. The smallest absolute Gasteiger partial charge is 0.292 e. The molecule has 1 aliphatic heterocycles. The van der Waals surface area contributed by atoms with Crippen LogP contribution in [0.3, 0.4) is 0 Å². The maximum absolute atomic E-state index is 12.4. The fourth-order valence-electron chi connectivity index (χ4n) is 2.83. The molecule has 0 radical (unpaired) electrons. The van der Waals surface area contributed by atoms with Crippen molar-refractivity contribution in [3.05, 3.63) is 46.8 Å². The van der Waals surface area contributed by atoms with E-state index in [2.05, 4.69) is 31.1 Å². The zero-order chi connectivity index (χ0) is 16.5. The fourth-order valence-corrected chi connectivity index (χ4v) is 3.14. The molecule has 0 aliphatic carbocycles. The van der Waals surface area contributed by atoms with Gasteiger partial charge in [0.15, 0.2) is 22.1 Å². The van der Waals surface area contributed by atoms with Gasteiger partial charge in [-0.1, -0.05) is 12.1 Å². The molecule has 122 valence electrons. The molecule has 1 saturated heterocycles. The number of hydrogen-bond donors (Lipinski definition) is 1. The van der Waals surface area contributed by atoms with Gasteiger partial charge >= 0.3 is 0 Å². The highest BCUT2D eigenvalue weighted by Gasteiger charge is 2.22. The molecule has 0 unspecified atom stereocenters. The molecule has 1 aliphatic rings. The Morgan fingerprint density at radius 2 is 1.79 bits per heavy atom. The number of carbonyl (C=O) groups is 1. The Morgan fingerprint density at radius 1 is 1.08 bits per heavy atom. The molecule has 1 N–H and O–H groups in total. The summed E-state index contributed by atoms with van der Waals surface area (Å²) in [7, 11) is 0. The zero-order valence-corrected chi connectivity index (χ0v) is 14.4. The van der Waals surface area contributed by atoms with Gasteiger partial charge < -0.3 is 14.6 Å². The highest BCUT2D eigenvalue weighted by Crippen LogP contribution is 2.28. The van der Waals surface area contributed by atoms with Gasteiger partial charge in [0, 0.05) is 13.1 Å². The first kappa shape index (κ1) is 15.1. The van der Waals surface area contributed by atoms with Gasteiger partial charge in [-0.25, -0.2) is 9.97 Å². The first-order valence-corrected chi connectivity index (χ1v) is 8.58. The topological polar surface area (TPSA) is 71.3 Å². The summed E-state index contributed by atoms with van der Waals surface area (Å²) in [5.41, 5.74) is 1.56. The van der Waals surface area contributed by atoms with E-state index in [-0.39, 0.29) is 11.7 Å². The Bertz CT molecular complexity index is 902. The third-order valence-electron chi connectivity index (χ3n) is 3.99. The van der Waals surface area contributed by atoms with E-state index in [1.807, 2.05) is 24.3 Å². The van der Waals surface area contributed by atoms with E-state index in [1.165, 1.54) is 0 Å². The lowest BCUT2D eigenvalue weighted by Gasteiger charge is -2.19. The number of amides is 1. The minimum absolute atomic E-state index is 0.226. The molecule has 2 aromatic heterocycles. The number of benzene rings is 1. The Balaban J connectivity index is 1.74. The Labute approximate surface area is 147 Å². The monoisotopic (exact) mass is 386 g/mol. The number of nitrogens with zero attached hydrogens (tertiary/aromatic N) is 3. The minimum atomic E-state index is -0.342. The van der Waals surface area contributed by atoms with Crippen molar-refractivity contribution >= 4 is 44.5 Å². The maximum atomic E-state index is 12.4. The summed E-state index contributed by atoms with van der Waals surface area (Å²) in [6.07, 6.45) is 2.24. The van der Waals surface area contributed by atoms with Gasteiger partial charge in [-0.3, -0.25) is 4.79 Å². The van der Waals surface area contributed by atoms with Crippen LogP contribution in [0.1, 0.15) is 23.4 Å². The van der Waals surface area contributed by atoms with Crippen LogP contribution >= 0.6 is 15.9 Å². The highest BCUT2D eigenvalue weighted by molar-refractivity contribution is 9.10. The molecule has 3 aromatic rings. The average Bonchev–Trinajstić information content (AvgIpc) is 3.26. The number of carbonyl (C=O) groups excluding carboxylic acids is 1. The van der Waals surface area contributed by atoms with Crippen molar-refractivity contribution < 1.29 is 9.21 Å². The molecular formula is C17H15BrN4O2. The van der Waals surface area contributed by atoms with Gasteiger partial charge in [-0.2, -0.15) is 0 Å². The van der Waals surface area contributed by atoms with Crippen LogP contribution in [0.5, 0.6) is 0 Å². The van der Waals surface area contributed by atoms with Crippen LogP contribution in [0.15, 0.2) is 45.5 Å². The first-order valence-electron chi connectivity index (χ1n) is 7.79. The van der Waals surface area contributed by atoms with E-state index < -0.39 is 0 Å². The molecule has 6 nitrogen and oxygen atoms in total. The van der Waals surface area contributed by atoms with Crippen molar-refractivity contribution in [1.82, 2.24) is 9.97 Å². The van der Waals surface area contributed by atoms with E-state index in [1.54, 1.807) is 12.1 Å². The van der Waals surface area contributed by atoms with Crippen molar-refractivity contribution in [3.63, 3.8) is 0 Å². The lowest BCUT2D eigenvalue weighted by Crippen LogP contribution is -2.23. The summed E-state index contributed by atoms with van der Waals surface area (Å²) < 4.78 is 5.82. The van der Waals surface area contributed by atoms with E-state index >= 15 is 0 Å². The van der Waals surface area contributed by atoms with Crippen LogP contribution in [0, 0.1) is 0 Å². The van der Waals surface area contributed by atoms with Crippen LogP contribution in [0.4, 0.5) is 11.6 Å². The molecule has 0 saturated carbocycles. The fraction of sp³-hybridized carbons (Fsp3) is 0.235. The van der Waals surface area contributed by atoms with Gasteiger partial charge in [-0.05, 0) is 53.0 Å². The number of nitrogens with one attached hydrogen (secondary N) is 1. The molecule has 4 rings (SSSR count). The molecule has 1 amide bonds. The number of fused-ring (bicyclic) bond motifs is 1. The molecule has 0 bridgehead atoms. The molecule has 0 spiro atoms. The first-order chi connectivity index (χ1) is 11.7.